The molecule has 2 unspecified atom stereocenters. The van der Waals surface area contributed by atoms with Crippen LogP contribution in [-0.4, -0.2) is 48.1 Å². The molecule has 3 aromatic rings. The van der Waals surface area contributed by atoms with Crippen LogP contribution in [0.1, 0.15) is 30.2 Å². The van der Waals surface area contributed by atoms with Gasteiger partial charge in [-0.15, -0.1) is 0 Å². The van der Waals surface area contributed by atoms with Gasteiger partial charge in [0, 0.05) is 23.6 Å². The van der Waals surface area contributed by atoms with Gasteiger partial charge in [0.2, 0.25) is 12.0 Å². The highest BCUT2D eigenvalue weighted by Gasteiger charge is 2.33. The largest absolute Gasteiger partial charge is 0.481 e. The molecular formula is C24H21Cl2N3O7S2. The van der Waals surface area contributed by atoms with Gasteiger partial charge in [0.1, 0.15) is 10.1 Å². The first-order valence-electron chi connectivity index (χ1n) is 11.2. The molecule has 0 radical (unpaired) electrons. The molecule has 2 amide bonds. The van der Waals surface area contributed by atoms with E-state index < -0.39 is 39.5 Å². The van der Waals surface area contributed by atoms with Crippen molar-refractivity contribution in [2.45, 2.75) is 35.5 Å². The highest BCUT2D eigenvalue weighted by molar-refractivity contribution is 7.92. The Bertz CT molecular complexity index is 1460. The molecule has 0 bridgehead atoms. The summed E-state index contributed by atoms with van der Waals surface area (Å²) in [6.07, 6.45) is -1.46. The van der Waals surface area contributed by atoms with E-state index in [4.69, 9.17) is 33.0 Å². The van der Waals surface area contributed by atoms with E-state index in [0.29, 0.717) is 22.8 Å². The number of aromatic nitrogens is 1. The second-order valence-corrected chi connectivity index (χ2v) is 12.6. The topological polar surface area (TPSA) is 152 Å². The number of carboxylic acids is 1. The minimum Gasteiger partial charge on any atom is -0.481 e. The van der Waals surface area contributed by atoms with E-state index in [-0.39, 0.29) is 38.9 Å². The number of carboxylic acid groups (broad SMARTS) is 1. The Labute approximate surface area is 231 Å². The van der Waals surface area contributed by atoms with Gasteiger partial charge in [0.25, 0.3) is 5.91 Å². The van der Waals surface area contributed by atoms with Crippen molar-refractivity contribution in [1.82, 2.24) is 10.3 Å². The highest BCUT2D eigenvalue weighted by atomic mass is 35.5. The third-order valence-corrected chi connectivity index (χ3v) is 9.37. The maximum absolute atomic E-state index is 13.3. The number of nitrogens with zero attached hydrogens (tertiary/aromatic N) is 1. The number of thiazole rings is 1. The molecule has 38 heavy (non-hydrogen) atoms. The first-order valence-corrected chi connectivity index (χ1v) is 14.4. The number of nitrogens with one attached hydrogen (secondary N) is 2. The summed E-state index contributed by atoms with van der Waals surface area (Å²) in [6.45, 7) is 0.285. The summed E-state index contributed by atoms with van der Waals surface area (Å²) in [5, 5.41) is 13.9. The molecule has 200 valence electrons. The number of rotatable bonds is 9. The number of amides is 2. The Morgan fingerprint density at radius 2 is 1.84 bits per heavy atom. The Balaban J connectivity index is 1.60. The van der Waals surface area contributed by atoms with Crippen molar-refractivity contribution in [2.75, 3.05) is 11.9 Å². The van der Waals surface area contributed by atoms with Gasteiger partial charge in [-0.3, -0.25) is 19.7 Å². The number of carbonyl (C=O) groups is 3. The van der Waals surface area contributed by atoms with Crippen molar-refractivity contribution in [3.05, 3.63) is 69.1 Å². The van der Waals surface area contributed by atoms with Crippen LogP contribution in [0.15, 0.2) is 53.4 Å². The van der Waals surface area contributed by atoms with Gasteiger partial charge in [-0.1, -0.05) is 46.7 Å². The SMILES string of the molecule is O=C(O)Cc1nc(NC(=O)C(Oc2ccc(Cl)cc2)c2ccc(S(=O)(=O)C3CCNC(=O)C3)cc2)sc1Cl. The minimum atomic E-state index is -3.77. The van der Waals surface area contributed by atoms with Gasteiger partial charge in [-0.2, -0.15) is 0 Å². The zero-order valence-corrected chi connectivity index (χ0v) is 22.7. The number of piperidine rings is 1. The zero-order chi connectivity index (χ0) is 27.4. The standard InChI is InChI=1S/C24H21Cl2N3O7S2/c25-14-3-5-15(6-4-14)36-21(23(33)29-24-28-18(12-20(31)32)22(26)37-24)13-1-7-16(8-2-13)38(34,35)17-9-10-27-19(30)11-17/h1-8,17,21H,9-12H2,(H,27,30)(H,31,32)(H,28,29,33). The van der Waals surface area contributed by atoms with Gasteiger partial charge in [0.15, 0.2) is 15.0 Å². The van der Waals surface area contributed by atoms with Gasteiger partial charge in [-0.25, -0.2) is 13.4 Å². The lowest BCUT2D eigenvalue weighted by molar-refractivity contribution is -0.136. The molecule has 2 atom stereocenters. The number of hydrogen-bond acceptors (Lipinski definition) is 8. The molecule has 1 fully saturated rings. The van der Waals surface area contributed by atoms with Crippen molar-refractivity contribution in [3.63, 3.8) is 0 Å². The highest BCUT2D eigenvalue weighted by Crippen LogP contribution is 2.31. The Morgan fingerprint density at radius 1 is 1.16 bits per heavy atom. The van der Waals surface area contributed by atoms with E-state index in [2.05, 4.69) is 15.6 Å². The number of halogens is 2. The smallest absolute Gasteiger partial charge is 0.309 e. The Hall–Kier alpha value is -3.19. The molecule has 3 N–H and O–H groups in total. The fourth-order valence-corrected chi connectivity index (χ4v) is 6.64. The monoisotopic (exact) mass is 597 g/mol. The first-order chi connectivity index (χ1) is 18.0. The van der Waals surface area contributed by atoms with Crippen LogP contribution in [0.3, 0.4) is 0 Å². The predicted octanol–water partition coefficient (Wildman–Crippen LogP) is 3.89. The van der Waals surface area contributed by atoms with Gasteiger partial charge in [0.05, 0.1) is 22.3 Å². The molecule has 1 aliphatic rings. The van der Waals surface area contributed by atoms with E-state index in [1.54, 1.807) is 24.3 Å². The van der Waals surface area contributed by atoms with Crippen molar-refractivity contribution in [3.8, 4) is 5.75 Å². The molecule has 4 rings (SSSR count). The minimum absolute atomic E-state index is 0.0246. The number of aliphatic carboxylic acids is 1. The summed E-state index contributed by atoms with van der Waals surface area (Å²) in [6, 6.07) is 12.0. The molecule has 14 heteroatoms. The van der Waals surface area contributed by atoms with Crippen LogP contribution in [0.25, 0.3) is 0 Å². The molecule has 0 saturated carbocycles. The van der Waals surface area contributed by atoms with E-state index in [9.17, 15) is 22.8 Å². The molecule has 1 saturated heterocycles. The van der Waals surface area contributed by atoms with Crippen molar-refractivity contribution >= 4 is 67.3 Å². The molecule has 1 aliphatic heterocycles. The average Bonchev–Trinajstić information content (AvgIpc) is 3.21. The normalized spacial score (nSPS) is 16.4. The van der Waals surface area contributed by atoms with E-state index >= 15 is 0 Å². The summed E-state index contributed by atoms with van der Waals surface area (Å²) in [7, 11) is -3.77. The first kappa shape index (κ1) is 27.8. The molecule has 1 aromatic heterocycles. The molecule has 0 spiro atoms. The maximum Gasteiger partial charge on any atom is 0.309 e. The van der Waals surface area contributed by atoms with Crippen LogP contribution < -0.4 is 15.4 Å². The van der Waals surface area contributed by atoms with Crippen LogP contribution in [0.5, 0.6) is 5.75 Å². The number of benzene rings is 2. The van der Waals surface area contributed by atoms with Crippen LogP contribution in [0.4, 0.5) is 5.13 Å². The predicted molar refractivity (Wildman–Crippen MR) is 142 cm³/mol. The summed E-state index contributed by atoms with van der Waals surface area (Å²) in [5.74, 6) is -1.76. The molecule has 2 heterocycles. The zero-order valence-electron chi connectivity index (χ0n) is 19.5. The number of sulfone groups is 1. The number of hydrogen-bond donors (Lipinski definition) is 3. The Kier molecular flexibility index (Phi) is 8.56. The Morgan fingerprint density at radius 3 is 2.47 bits per heavy atom. The second-order valence-electron chi connectivity index (χ2n) is 8.33. The van der Waals surface area contributed by atoms with E-state index in [1.165, 1.54) is 24.3 Å². The lowest BCUT2D eigenvalue weighted by Gasteiger charge is -2.23. The second kappa shape index (κ2) is 11.7. The summed E-state index contributed by atoms with van der Waals surface area (Å²) < 4.78 is 32.2. The number of carbonyl (C=O) groups excluding carboxylic acids is 2. The quantitative estimate of drug-likeness (QED) is 0.336. The van der Waals surface area contributed by atoms with E-state index in [0.717, 1.165) is 11.3 Å². The fourth-order valence-electron chi connectivity index (χ4n) is 3.78. The van der Waals surface area contributed by atoms with Crippen molar-refractivity contribution in [1.29, 1.82) is 0 Å². The van der Waals surface area contributed by atoms with Crippen LogP contribution in [-0.2, 0) is 30.6 Å². The van der Waals surface area contributed by atoms with Gasteiger partial charge in [-0.05, 0) is 42.8 Å². The molecule has 2 aromatic carbocycles. The maximum atomic E-state index is 13.3. The fraction of sp³-hybridized carbons (Fsp3) is 0.250. The third-order valence-electron chi connectivity index (χ3n) is 5.66. The molecule has 0 aliphatic carbocycles. The van der Waals surface area contributed by atoms with Crippen LogP contribution >= 0.6 is 34.5 Å². The number of ether oxygens (including phenoxy) is 1. The van der Waals surface area contributed by atoms with E-state index in [1.807, 2.05) is 0 Å². The van der Waals surface area contributed by atoms with Gasteiger partial charge >= 0.3 is 5.97 Å². The van der Waals surface area contributed by atoms with Crippen molar-refractivity contribution < 1.29 is 32.6 Å². The summed E-state index contributed by atoms with van der Waals surface area (Å²) in [4.78, 5) is 40.1. The lowest BCUT2D eigenvalue weighted by atomic mass is 10.1. The lowest BCUT2D eigenvalue weighted by Crippen LogP contribution is -2.39. The van der Waals surface area contributed by atoms with Crippen LogP contribution in [0, 0.1) is 0 Å². The molecule has 10 nitrogen and oxygen atoms in total. The summed E-state index contributed by atoms with van der Waals surface area (Å²) in [5.41, 5.74) is 0.451. The molecular weight excluding hydrogens is 577 g/mol. The average molecular weight is 598 g/mol. The van der Waals surface area contributed by atoms with Crippen molar-refractivity contribution in [2.24, 2.45) is 0 Å². The third kappa shape index (κ3) is 6.62. The van der Waals surface area contributed by atoms with Gasteiger partial charge < -0.3 is 15.2 Å². The van der Waals surface area contributed by atoms with Crippen LogP contribution in [0.2, 0.25) is 9.36 Å². The summed E-state index contributed by atoms with van der Waals surface area (Å²) >= 11 is 12.9. The number of anilines is 1.